The zero-order valence-corrected chi connectivity index (χ0v) is 54.9. The molecule has 0 fully saturated rings. The van der Waals surface area contributed by atoms with Crippen LogP contribution in [0.2, 0.25) is 0 Å². The second kappa shape index (κ2) is 70.8. The first-order valence-corrected chi connectivity index (χ1v) is 35.7. The van der Waals surface area contributed by atoms with Crippen LogP contribution in [0.4, 0.5) is 0 Å². The summed E-state index contributed by atoms with van der Waals surface area (Å²) in [5.74, 6) is -0.893. The second-order valence-electron chi connectivity index (χ2n) is 23.8. The Kier molecular flexibility index (Phi) is 67.7. The number of carbonyl (C=O) groups is 3. The van der Waals surface area contributed by atoms with E-state index in [1.165, 1.54) is 199 Å². The number of rotatable bonds is 65. The third-order valence-corrected chi connectivity index (χ3v) is 15.5. The first-order chi connectivity index (χ1) is 41.0. The summed E-state index contributed by atoms with van der Waals surface area (Å²) in [7, 11) is 0. The van der Waals surface area contributed by atoms with Crippen molar-refractivity contribution >= 4 is 17.9 Å². The second-order valence-corrected chi connectivity index (χ2v) is 23.8. The highest BCUT2D eigenvalue weighted by molar-refractivity contribution is 5.71. The summed E-state index contributed by atoms with van der Waals surface area (Å²) in [6.45, 7) is 6.53. The van der Waals surface area contributed by atoms with Gasteiger partial charge >= 0.3 is 17.9 Å². The fourth-order valence-corrected chi connectivity index (χ4v) is 10.2. The quantitative estimate of drug-likeness (QED) is 0.0261. The SMILES string of the molecule is CC/C=C\C/C=C\C/C=C\C/C=C\C/C=C\C/C=C\CCCCCCCCC(=O)OC(COC(=O)CCCCCCC/C=C\CCCCCC)COC(=O)CCCCCCCCCCCCCCCCC/C=C\CCCCCCCCCC. The average Bonchev–Trinajstić information content (AvgIpc) is 3.49. The molecule has 0 amide bonds. The molecule has 0 radical (unpaired) electrons. The fraction of sp³-hybridized carbons (Fsp3) is 0.753. The van der Waals surface area contributed by atoms with Crippen LogP contribution in [0.1, 0.15) is 355 Å². The lowest BCUT2D eigenvalue weighted by Crippen LogP contribution is -2.30. The van der Waals surface area contributed by atoms with Gasteiger partial charge in [0.05, 0.1) is 0 Å². The van der Waals surface area contributed by atoms with Gasteiger partial charge in [0.15, 0.2) is 6.10 Å². The Bertz CT molecular complexity index is 1610. The van der Waals surface area contributed by atoms with E-state index in [2.05, 4.69) is 118 Å². The number of carbonyl (C=O) groups excluding carboxylic acids is 3. The fourth-order valence-electron chi connectivity index (χ4n) is 10.2. The zero-order valence-electron chi connectivity index (χ0n) is 54.9. The zero-order chi connectivity index (χ0) is 59.9. The predicted octanol–water partition coefficient (Wildman–Crippen LogP) is 24.8. The maximum absolute atomic E-state index is 13.0. The first kappa shape index (κ1) is 79.3. The van der Waals surface area contributed by atoms with E-state index in [4.69, 9.17) is 14.2 Å². The highest BCUT2D eigenvalue weighted by Gasteiger charge is 2.19. The average molecular weight is 1160 g/mol. The highest BCUT2D eigenvalue weighted by atomic mass is 16.6. The highest BCUT2D eigenvalue weighted by Crippen LogP contribution is 2.17. The van der Waals surface area contributed by atoms with Gasteiger partial charge in [0.25, 0.3) is 0 Å². The lowest BCUT2D eigenvalue weighted by molar-refractivity contribution is -0.167. The van der Waals surface area contributed by atoms with Gasteiger partial charge in [-0.3, -0.25) is 14.4 Å². The summed E-state index contributed by atoms with van der Waals surface area (Å²) in [5.41, 5.74) is 0. The van der Waals surface area contributed by atoms with Gasteiger partial charge in [-0.2, -0.15) is 0 Å². The van der Waals surface area contributed by atoms with E-state index in [1.54, 1.807) is 0 Å². The van der Waals surface area contributed by atoms with Crippen LogP contribution in [0.25, 0.3) is 0 Å². The number of unbranched alkanes of at least 4 members (excludes halogenated alkanes) is 38. The third kappa shape index (κ3) is 69.0. The lowest BCUT2D eigenvalue weighted by Gasteiger charge is -2.18. The number of allylic oxidation sites excluding steroid dienone is 16. The molecule has 0 bridgehead atoms. The maximum Gasteiger partial charge on any atom is 0.306 e. The van der Waals surface area contributed by atoms with Gasteiger partial charge in [-0.15, -0.1) is 0 Å². The predicted molar refractivity (Wildman–Crippen MR) is 362 cm³/mol. The van der Waals surface area contributed by atoms with Gasteiger partial charge in [-0.25, -0.2) is 0 Å². The molecular weight excluding hydrogens is 1020 g/mol. The topological polar surface area (TPSA) is 78.9 Å². The van der Waals surface area contributed by atoms with Crippen LogP contribution in [-0.4, -0.2) is 37.2 Å². The van der Waals surface area contributed by atoms with Gasteiger partial charge in [0.2, 0.25) is 0 Å². The van der Waals surface area contributed by atoms with Crippen LogP contribution >= 0.6 is 0 Å². The minimum Gasteiger partial charge on any atom is -0.462 e. The van der Waals surface area contributed by atoms with Crippen molar-refractivity contribution in [2.75, 3.05) is 13.2 Å². The van der Waals surface area contributed by atoms with E-state index in [0.29, 0.717) is 19.3 Å². The summed E-state index contributed by atoms with van der Waals surface area (Å²) in [6, 6.07) is 0. The molecule has 0 aromatic heterocycles. The normalized spacial score (nSPS) is 12.7. The minimum absolute atomic E-state index is 0.0842. The monoisotopic (exact) mass is 1160 g/mol. The van der Waals surface area contributed by atoms with Gasteiger partial charge in [-0.05, 0) is 122 Å². The molecule has 0 aromatic carbocycles. The lowest BCUT2D eigenvalue weighted by atomic mass is 10.0. The smallest absolute Gasteiger partial charge is 0.306 e. The Labute approximate surface area is 515 Å². The molecule has 0 aromatic rings. The number of hydrogen-bond acceptors (Lipinski definition) is 6. The van der Waals surface area contributed by atoms with Crippen LogP contribution < -0.4 is 0 Å². The van der Waals surface area contributed by atoms with Crippen LogP contribution in [0.5, 0.6) is 0 Å². The standard InChI is InChI=1S/C77H134O6/c1-4-7-10-13-16-19-22-25-27-29-31-33-35-37-38-40-41-43-45-47-49-52-55-58-61-64-67-70-76(79)82-73-74(72-81-75(78)69-66-63-60-57-54-51-24-21-18-15-12-9-6-3)83-77(80)71-68-65-62-59-56-53-50-48-46-44-42-39-36-34-32-30-28-26-23-20-17-14-11-8-5-2/h8,11,17,20-21,24,26,28-29,31-32,34,39,42,46,48,74H,4-7,9-10,12-16,18-19,22-23,25,27,30,33,35-38,40-41,43-45,47,49-73H2,1-3H3/b11-8-,20-17-,24-21-,28-26-,31-29-,34-32-,42-39-,48-46-. The van der Waals surface area contributed by atoms with E-state index in [1.807, 2.05) is 0 Å². The molecule has 0 aliphatic rings. The third-order valence-electron chi connectivity index (χ3n) is 15.5. The van der Waals surface area contributed by atoms with Crippen molar-refractivity contribution in [2.45, 2.75) is 361 Å². The maximum atomic E-state index is 13.0. The molecule has 1 atom stereocenters. The van der Waals surface area contributed by atoms with E-state index in [0.717, 1.165) is 116 Å². The van der Waals surface area contributed by atoms with Crippen molar-refractivity contribution in [1.29, 1.82) is 0 Å². The number of ether oxygens (including phenoxy) is 3. The summed E-state index contributed by atoms with van der Waals surface area (Å²) in [6.07, 6.45) is 95.8. The van der Waals surface area contributed by atoms with Crippen LogP contribution in [0.15, 0.2) is 97.2 Å². The van der Waals surface area contributed by atoms with Crippen LogP contribution in [0, 0.1) is 0 Å². The van der Waals surface area contributed by atoms with Gasteiger partial charge < -0.3 is 14.2 Å². The van der Waals surface area contributed by atoms with Crippen molar-refractivity contribution in [3.8, 4) is 0 Å². The molecule has 0 N–H and O–H groups in total. The Morgan fingerprint density at radius 1 is 0.253 bits per heavy atom. The van der Waals surface area contributed by atoms with E-state index < -0.39 is 6.10 Å². The Morgan fingerprint density at radius 2 is 0.470 bits per heavy atom. The van der Waals surface area contributed by atoms with Gasteiger partial charge in [-0.1, -0.05) is 311 Å². The molecular formula is C77H134O6. The molecule has 6 nitrogen and oxygen atoms in total. The molecule has 478 valence electrons. The van der Waals surface area contributed by atoms with Crippen molar-refractivity contribution < 1.29 is 28.6 Å². The van der Waals surface area contributed by atoms with Crippen LogP contribution in [-0.2, 0) is 28.6 Å². The molecule has 0 heterocycles. The largest absolute Gasteiger partial charge is 0.462 e. The Balaban J connectivity index is 4.30. The van der Waals surface area contributed by atoms with E-state index in [-0.39, 0.29) is 31.1 Å². The van der Waals surface area contributed by atoms with Crippen molar-refractivity contribution in [3.05, 3.63) is 97.2 Å². The van der Waals surface area contributed by atoms with Gasteiger partial charge in [0.1, 0.15) is 13.2 Å². The molecule has 6 heteroatoms. The van der Waals surface area contributed by atoms with Gasteiger partial charge in [0, 0.05) is 19.3 Å². The molecule has 0 saturated heterocycles. The number of esters is 3. The molecule has 0 spiro atoms. The van der Waals surface area contributed by atoms with E-state index in [9.17, 15) is 14.4 Å². The first-order valence-electron chi connectivity index (χ1n) is 35.7. The summed E-state index contributed by atoms with van der Waals surface area (Å²) >= 11 is 0. The molecule has 0 saturated carbocycles. The molecule has 1 unspecified atom stereocenters. The van der Waals surface area contributed by atoms with Crippen molar-refractivity contribution in [1.82, 2.24) is 0 Å². The Hall–Kier alpha value is -3.67. The minimum atomic E-state index is -0.791. The summed E-state index contributed by atoms with van der Waals surface area (Å²) < 4.78 is 17.0. The summed E-state index contributed by atoms with van der Waals surface area (Å²) in [5, 5.41) is 0. The molecule has 0 rings (SSSR count). The van der Waals surface area contributed by atoms with Crippen molar-refractivity contribution in [3.63, 3.8) is 0 Å². The van der Waals surface area contributed by atoms with Crippen molar-refractivity contribution in [2.24, 2.45) is 0 Å². The van der Waals surface area contributed by atoms with Crippen LogP contribution in [0.3, 0.4) is 0 Å². The molecule has 0 aliphatic carbocycles. The molecule has 0 aliphatic heterocycles. The van der Waals surface area contributed by atoms with E-state index >= 15 is 0 Å². The summed E-state index contributed by atoms with van der Waals surface area (Å²) in [4.78, 5) is 38.4. The Morgan fingerprint density at radius 3 is 0.759 bits per heavy atom. The number of hydrogen-bond donors (Lipinski definition) is 0. The molecule has 83 heavy (non-hydrogen) atoms.